The summed E-state index contributed by atoms with van der Waals surface area (Å²) in [6, 6.07) is 3.91. The summed E-state index contributed by atoms with van der Waals surface area (Å²) in [6.07, 6.45) is 8.09. The molecule has 2 rings (SSSR count). The van der Waals surface area contributed by atoms with Crippen LogP contribution >= 0.6 is 0 Å². The maximum Gasteiger partial charge on any atom is 0.238 e. The van der Waals surface area contributed by atoms with Crippen molar-refractivity contribution in [3.8, 4) is 0 Å². The first-order valence-electron chi connectivity index (χ1n) is 9.53. The van der Waals surface area contributed by atoms with Crippen LogP contribution in [0.5, 0.6) is 0 Å². The van der Waals surface area contributed by atoms with Crippen LogP contribution < -0.4 is 0 Å². The van der Waals surface area contributed by atoms with Gasteiger partial charge in [-0.05, 0) is 30.9 Å². The summed E-state index contributed by atoms with van der Waals surface area (Å²) in [6.45, 7) is 5.21. The van der Waals surface area contributed by atoms with Gasteiger partial charge in [0.1, 0.15) is 0 Å². The summed E-state index contributed by atoms with van der Waals surface area (Å²) in [5, 5.41) is 0. The molecule has 1 amide bonds. The van der Waals surface area contributed by atoms with E-state index in [1.165, 1.54) is 10.6 Å². The van der Waals surface area contributed by atoms with Crippen LogP contribution in [0.3, 0.4) is 0 Å². The molecule has 0 radical (unpaired) electrons. The van der Waals surface area contributed by atoms with Crippen molar-refractivity contribution in [2.75, 3.05) is 19.3 Å². The Bertz CT molecular complexity index is 691. The number of carbonyl (C=O) groups is 1. The molecule has 0 bridgehead atoms. The number of hydrogen-bond acceptors (Lipinski definition) is 3. The van der Waals surface area contributed by atoms with Crippen molar-refractivity contribution in [2.24, 2.45) is 13.0 Å². The lowest BCUT2D eigenvalue weighted by atomic mass is 9.95. The molecular formula is C19H33N3O3S. The second-order valence-electron chi connectivity index (χ2n) is 7.88. The summed E-state index contributed by atoms with van der Waals surface area (Å²) in [7, 11) is -1.45. The highest BCUT2D eigenvalue weighted by Gasteiger charge is 2.31. The summed E-state index contributed by atoms with van der Waals surface area (Å²) in [5.41, 5.74) is 1.04. The summed E-state index contributed by atoms with van der Waals surface area (Å²) in [4.78, 5) is 14.8. The average Bonchev–Trinajstić information content (AvgIpc) is 2.96. The summed E-state index contributed by atoms with van der Waals surface area (Å²) < 4.78 is 28.1. The van der Waals surface area contributed by atoms with Crippen molar-refractivity contribution < 1.29 is 13.2 Å². The van der Waals surface area contributed by atoms with Gasteiger partial charge < -0.3 is 9.47 Å². The monoisotopic (exact) mass is 383 g/mol. The third kappa shape index (κ3) is 5.84. The second kappa shape index (κ2) is 9.04. The fraction of sp³-hybridized carbons (Fsp3) is 0.737. The van der Waals surface area contributed by atoms with E-state index in [2.05, 4.69) is 13.8 Å². The second-order valence-corrected chi connectivity index (χ2v) is 9.81. The quantitative estimate of drug-likeness (QED) is 0.693. The molecule has 1 aromatic heterocycles. The topological polar surface area (TPSA) is 62.6 Å². The van der Waals surface area contributed by atoms with E-state index >= 15 is 0 Å². The van der Waals surface area contributed by atoms with Gasteiger partial charge in [0.2, 0.25) is 15.9 Å². The Morgan fingerprint density at radius 1 is 1.27 bits per heavy atom. The molecule has 1 heterocycles. The number of aryl methyl sites for hydroxylation is 1. The third-order valence-corrected chi connectivity index (χ3v) is 6.32. The van der Waals surface area contributed by atoms with Crippen molar-refractivity contribution >= 4 is 15.9 Å². The van der Waals surface area contributed by atoms with Gasteiger partial charge in [-0.15, -0.1) is 0 Å². The summed E-state index contributed by atoms with van der Waals surface area (Å²) in [5.74, 6) is 0.205. The van der Waals surface area contributed by atoms with Crippen molar-refractivity contribution in [1.82, 2.24) is 13.8 Å². The molecule has 1 aliphatic carbocycles. The molecule has 0 spiro atoms. The maximum atomic E-state index is 13.0. The van der Waals surface area contributed by atoms with Crippen LogP contribution in [0.1, 0.15) is 51.6 Å². The number of amides is 1. The molecule has 148 valence electrons. The standard InChI is InChI=1S/C19H33N3O3S/c1-16(2)13-21(14-18-11-8-12-20(18)3)19(23)15-22(26(4,24)25)17-9-6-5-7-10-17/h8,11-12,16-17H,5-7,9-10,13-15H2,1-4H3. The van der Waals surface area contributed by atoms with Crippen LogP contribution in [0.25, 0.3) is 0 Å². The Balaban J connectivity index is 2.15. The lowest BCUT2D eigenvalue weighted by Gasteiger charge is -2.34. The number of carbonyl (C=O) groups excluding carboxylic acids is 1. The van der Waals surface area contributed by atoms with E-state index in [0.29, 0.717) is 19.0 Å². The van der Waals surface area contributed by atoms with Gasteiger partial charge in [-0.2, -0.15) is 4.31 Å². The van der Waals surface area contributed by atoms with Crippen LogP contribution in [-0.4, -0.2) is 53.5 Å². The number of nitrogens with zero attached hydrogens (tertiary/aromatic N) is 3. The molecule has 0 unspecified atom stereocenters. The van der Waals surface area contributed by atoms with Gasteiger partial charge in [-0.3, -0.25) is 4.79 Å². The van der Waals surface area contributed by atoms with E-state index in [9.17, 15) is 13.2 Å². The van der Waals surface area contributed by atoms with Crippen LogP contribution in [-0.2, 0) is 28.4 Å². The number of hydrogen-bond donors (Lipinski definition) is 0. The van der Waals surface area contributed by atoms with E-state index in [1.807, 2.05) is 29.9 Å². The van der Waals surface area contributed by atoms with Crippen molar-refractivity contribution in [2.45, 2.75) is 58.5 Å². The fourth-order valence-corrected chi connectivity index (χ4v) is 4.77. The lowest BCUT2D eigenvalue weighted by molar-refractivity contribution is -0.133. The normalized spacial score (nSPS) is 16.4. The Morgan fingerprint density at radius 2 is 1.92 bits per heavy atom. The van der Waals surface area contributed by atoms with Gasteiger partial charge in [-0.1, -0.05) is 33.1 Å². The van der Waals surface area contributed by atoms with Crippen molar-refractivity contribution in [1.29, 1.82) is 0 Å². The molecule has 7 heteroatoms. The number of sulfonamides is 1. The molecule has 1 saturated carbocycles. The first kappa shape index (κ1) is 21.0. The van der Waals surface area contributed by atoms with Crippen LogP contribution in [0, 0.1) is 5.92 Å². The molecular weight excluding hydrogens is 350 g/mol. The molecule has 6 nitrogen and oxygen atoms in total. The minimum Gasteiger partial charge on any atom is -0.353 e. The molecule has 0 atom stereocenters. The van der Waals surface area contributed by atoms with E-state index < -0.39 is 10.0 Å². The predicted molar refractivity (Wildman–Crippen MR) is 104 cm³/mol. The van der Waals surface area contributed by atoms with Crippen LogP contribution in [0.15, 0.2) is 18.3 Å². The third-order valence-electron chi connectivity index (χ3n) is 5.04. The minimum absolute atomic E-state index is 0.0429. The average molecular weight is 384 g/mol. The Hall–Kier alpha value is -1.34. The zero-order chi connectivity index (χ0) is 19.3. The van der Waals surface area contributed by atoms with E-state index in [0.717, 1.165) is 37.8 Å². The maximum absolute atomic E-state index is 13.0. The Kier molecular flexibility index (Phi) is 7.29. The van der Waals surface area contributed by atoms with Gasteiger partial charge in [0, 0.05) is 31.5 Å². The number of rotatable bonds is 8. The molecule has 1 fully saturated rings. The molecule has 0 aliphatic heterocycles. The van der Waals surface area contributed by atoms with Gasteiger partial charge in [0.15, 0.2) is 0 Å². The molecule has 0 saturated heterocycles. The molecule has 1 aliphatic rings. The highest BCUT2D eigenvalue weighted by Crippen LogP contribution is 2.24. The highest BCUT2D eigenvalue weighted by molar-refractivity contribution is 7.88. The zero-order valence-corrected chi connectivity index (χ0v) is 17.3. The van der Waals surface area contributed by atoms with E-state index in [1.54, 1.807) is 4.90 Å². The number of aromatic nitrogens is 1. The van der Waals surface area contributed by atoms with Gasteiger partial charge in [-0.25, -0.2) is 8.42 Å². The summed E-state index contributed by atoms with van der Waals surface area (Å²) >= 11 is 0. The zero-order valence-electron chi connectivity index (χ0n) is 16.5. The molecule has 0 N–H and O–H groups in total. The first-order valence-corrected chi connectivity index (χ1v) is 11.4. The van der Waals surface area contributed by atoms with Crippen LogP contribution in [0.4, 0.5) is 0 Å². The SMILES string of the molecule is CC(C)CN(Cc1cccn1C)C(=O)CN(C1CCCCC1)S(C)(=O)=O. The van der Waals surface area contributed by atoms with Gasteiger partial charge in [0.05, 0.1) is 19.3 Å². The predicted octanol–water partition coefficient (Wildman–Crippen LogP) is 2.60. The van der Waals surface area contributed by atoms with E-state index in [4.69, 9.17) is 0 Å². The van der Waals surface area contributed by atoms with Crippen LogP contribution in [0.2, 0.25) is 0 Å². The Morgan fingerprint density at radius 3 is 2.42 bits per heavy atom. The molecule has 0 aromatic carbocycles. The van der Waals surface area contributed by atoms with E-state index in [-0.39, 0.29) is 18.5 Å². The van der Waals surface area contributed by atoms with Gasteiger partial charge >= 0.3 is 0 Å². The molecule has 1 aromatic rings. The van der Waals surface area contributed by atoms with Crippen molar-refractivity contribution in [3.05, 3.63) is 24.0 Å². The highest BCUT2D eigenvalue weighted by atomic mass is 32.2. The Labute approximate surface area is 158 Å². The smallest absolute Gasteiger partial charge is 0.238 e. The largest absolute Gasteiger partial charge is 0.353 e. The first-order chi connectivity index (χ1) is 12.2. The van der Waals surface area contributed by atoms with Crippen molar-refractivity contribution in [3.63, 3.8) is 0 Å². The van der Waals surface area contributed by atoms with Gasteiger partial charge in [0.25, 0.3) is 0 Å². The lowest BCUT2D eigenvalue weighted by Crippen LogP contribution is -2.48. The minimum atomic E-state index is -3.41. The fourth-order valence-electron chi connectivity index (χ4n) is 3.67. The molecule has 26 heavy (non-hydrogen) atoms.